The average molecular weight is 342 g/mol. The molecule has 0 N–H and O–H groups in total. The van der Waals surface area contributed by atoms with E-state index in [-0.39, 0.29) is 0 Å². The minimum Gasteiger partial charge on any atom is -0.232 e. The second kappa shape index (κ2) is 7.41. The van der Waals surface area contributed by atoms with Gasteiger partial charge in [-0.3, -0.25) is 0 Å². The molecular weight excluding hydrogens is 324 g/mol. The van der Waals surface area contributed by atoms with Crippen molar-refractivity contribution >= 4 is 28.2 Å². The molecule has 3 heteroatoms. The SMILES string of the molecule is C1=C(c2ccccc2)N(c2ccccc2)N=C(Cc2ccccc2)S1. The number of rotatable bonds is 4. The van der Waals surface area contributed by atoms with Crippen molar-refractivity contribution < 1.29 is 0 Å². The van der Waals surface area contributed by atoms with E-state index in [1.165, 1.54) is 11.1 Å². The summed E-state index contributed by atoms with van der Waals surface area (Å²) in [5.41, 5.74) is 4.62. The van der Waals surface area contributed by atoms with E-state index in [2.05, 4.69) is 66.1 Å². The molecule has 0 unspecified atom stereocenters. The van der Waals surface area contributed by atoms with Gasteiger partial charge in [0, 0.05) is 17.4 Å². The number of hydrogen-bond donors (Lipinski definition) is 0. The second-order valence-electron chi connectivity index (χ2n) is 5.79. The van der Waals surface area contributed by atoms with Gasteiger partial charge < -0.3 is 0 Å². The lowest BCUT2D eigenvalue weighted by Crippen LogP contribution is -2.20. The van der Waals surface area contributed by atoms with Gasteiger partial charge in [0.05, 0.1) is 11.4 Å². The van der Waals surface area contributed by atoms with Crippen LogP contribution in [-0.2, 0) is 6.42 Å². The van der Waals surface area contributed by atoms with Gasteiger partial charge in [0.1, 0.15) is 5.04 Å². The van der Waals surface area contributed by atoms with Crippen molar-refractivity contribution in [3.8, 4) is 0 Å². The minimum atomic E-state index is 0.841. The molecule has 0 aromatic heterocycles. The summed E-state index contributed by atoms with van der Waals surface area (Å²) in [5, 5.41) is 10.3. The number of para-hydroxylation sites is 1. The van der Waals surface area contributed by atoms with Gasteiger partial charge in [-0.05, 0) is 17.7 Å². The van der Waals surface area contributed by atoms with Crippen LogP contribution in [0, 0.1) is 0 Å². The Morgan fingerprint density at radius 2 is 1.32 bits per heavy atom. The Morgan fingerprint density at radius 3 is 2.00 bits per heavy atom. The van der Waals surface area contributed by atoms with Crippen molar-refractivity contribution in [2.45, 2.75) is 6.42 Å². The fourth-order valence-electron chi connectivity index (χ4n) is 2.78. The standard InChI is InChI=1S/C22H18N2S/c1-4-10-18(11-5-1)16-22-23-24(20-14-8-3-9-15-20)21(17-25-22)19-12-6-2-7-13-19/h1-15,17H,16H2. The van der Waals surface area contributed by atoms with E-state index in [1.807, 2.05) is 35.3 Å². The van der Waals surface area contributed by atoms with Crippen LogP contribution in [0.5, 0.6) is 0 Å². The number of hydrogen-bond acceptors (Lipinski definition) is 3. The second-order valence-corrected chi connectivity index (χ2v) is 6.73. The van der Waals surface area contributed by atoms with E-state index in [0.29, 0.717) is 0 Å². The summed E-state index contributed by atoms with van der Waals surface area (Å²) in [5.74, 6) is 0. The van der Waals surface area contributed by atoms with Crippen LogP contribution in [0.3, 0.4) is 0 Å². The summed E-state index contributed by atoms with van der Waals surface area (Å²) < 4.78 is 0. The monoisotopic (exact) mass is 342 g/mol. The highest BCUT2D eigenvalue weighted by Crippen LogP contribution is 2.33. The van der Waals surface area contributed by atoms with E-state index in [4.69, 9.17) is 5.10 Å². The molecule has 0 atom stereocenters. The van der Waals surface area contributed by atoms with Crippen LogP contribution in [0.2, 0.25) is 0 Å². The Kier molecular flexibility index (Phi) is 4.66. The molecule has 3 aromatic carbocycles. The molecule has 1 heterocycles. The number of hydrazone groups is 1. The Bertz CT molecular complexity index is 887. The predicted molar refractivity (Wildman–Crippen MR) is 109 cm³/mol. The molecule has 0 amide bonds. The van der Waals surface area contributed by atoms with E-state index < -0.39 is 0 Å². The molecule has 0 saturated heterocycles. The van der Waals surface area contributed by atoms with Crippen LogP contribution in [0.1, 0.15) is 11.1 Å². The van der Waals surface area contributed by atoms with Crippen LogP contribution in [0.4, 0.5) is 5.69 Å². The number of nitrogens with zero attached hydrogens (tertiary/aromatic N) is 2. The molecule has 122 valence electrons. The van der Waals surface area contributed by atoms with Crippen molar-refractivity contribution in [3.63, 3.8) is 0 Å². The van der Waals surface area contributed by atoms with Crippen molar-refractivity contribution in [2.75, 3.05) is 5.01 Å². The normalized spacial score (nSPS) is 14.0. The highest BCUT2D eigenvalue weighted by Gasteiger charge is 2.19. The first kappa shape index (κ1) is 15.7. The van der Waals surface area contributed by atoms with Crippen LogP contribution in [0.25, 0.3) is 5.70 Å². The Labute approximate surface area is 152 Å². The van der Waals surface area contributed by atoms with Gasteiger partial charge in [-0.1, -0.05) is 90.6 Å². The molecular formula is C22H18N2S. The summed E-state index contributed by atoms with van der Waals surface area (Å²) in [7, 11) is 0. The number of thioether (sulfide) groups is 1. The first-order valence-corrected chi connectivity index (χ1v) is 9.17. The van der Waals surface area contributed by atoms with Crippen molar-refractivity contribution in [3.05, 3.63) is 108 Å². The maximum absolute atomic E-state index is 4.95. The van der Waals surface area contributed by atoms with Gasteiger partial charge in [0.25, 0.3) is 0 Å². The zero-order chi connectivity index (χ0) is 16.9. The third-order valence-electron chi connectivity index (χ3n) is 4.01. The van der Waals surface area contributed by atoms with Crippen LogP contribution in [0.15, 0.2) is 102 Å². The minimum absolute atomic E-state index is 0.841. The van der Waals surface area contributed by atoms with Gasteiger partial charge >= 0.3 is 0 Å². The molecule has 0 aliphatic carbocycles. The van der Waals surface area contributed by atoms with Gasteiger partial charge in [0.2, 0.25) is 0 Å². The first-order chi connectivity index (χ1) is 12.4. The zero-order valence-electron chi connectivity index (χ0n) is 13.7. The fourth-order valence-corrected chi connectivity index (χ4v) is 3.64. The van der Waals surface area contributed by atoms with Crippen LogP contribution < -0.4 is 5.01 Å². The molecule has 2 nitrogen and oxygen atoms in total. The number of anilines is 1. The zero-order valence-corrected chi connectivity index (χ0v) is 14.6. The van der Waals surface area contributed by atoms with E-state index in [1.54, 1.807) is 11.8 Å². The van der Waals surface area contributed by atoms with Crippen molar-refractivity contribution in [1.29, 1.82) is 0 Å². The smallest absolute Gasteiger partial charge is 0.103 e. The topological polar surface area (TPSA) is 15.6 Å². The summed E-state index contributed by atoms with van der Waals surface area (Å²) in [4.78, 5) is 0. The molecule has 4 rings (SSSR count). The van der Waals surface area contributed by atoms with E-state index >= 15 is 0 Å². The third kappa shape index (κ3) is 3.67. The number of benzene rings is 3. The van der Waals surface area contributed by atoms with Crippen LogP contribution in [-0.4, -0.2) is 5.04 Å². The third-order valence-corrected chi connectivity index (χ3v) is 4.85. The highest BCUT2D eigenvalue weighted by atomic mass is 32.2. The molecule has 0 radical (unpaired) electrons. The summed E-state index contributed by atoms with van der Waals surface area (Å²) in [6, 6.07) is 31.2. The van der Waals surface area contributed by atoms with Crippen molar-refractivity contribution in [1.82, 2.24) is 0 Å². The molecule has 1 aliphatic rings. The maximum Gasteiger partial charge on any atom is 0.103 e. The lowest BCUT2D eigenvalue weighted by atomic mass is 10.1. The van der Waals surface area contributed by atoms with Crippen molar-refractivity contribution in [2.24, 2.45) is 5.10 Å². The Morgan fingerprint density at radius 1 is 0.720 bits per heavy atom. The Hall–Kier alpha value is -2.78. The quantitative estimate of drug-likeness (QED) is 0.596. The predicted octanol–water partition coefficient (Wildman–Crippen LogP) is 5.79. The summed E-state index contributed by atoms with van der Waals surface area (Å²) >= 11 is 1.71. The van der Waals surface area contributed by atoms with E-state index in [9.17, 15) is 0 Å². The maximum atomic E-state index is 4.95. The van der Waals surface area contributed by atoms with E-state index in [0.717, 1.165) is 22.8 Å². The van der Waals surface area contributed by atoms with Gasteiger partial charge in [-0.25, -0.2) is 5.01 Å². The largest absolute Gasteiger partial charge is 0.232 e. The van der Waals surface area contributed by atoms with Gasteiger partial charge in [0.15, 0.2) is 0 Å². The Balaban J connectivity index is 1.68. The lowest BCUT2D eigenvalue weighted by Gasteiger charge is -2.27. The summed E-state index contributed by atoms with van der Waals surface area (Å²) in [6.07, 6.45) is 0.841. The van der Waals surface area contributed by atoms with Gasteiger partial charge in [-0.15, -0.1) is 0 Å². The molecule has 1 aliphatic heterocycles. The molecule has 0 bridgehead atoms. The lowest BCUT2D eigenvalue weighted by molar-refractivity contribution is 1.08. The molecule has 0 spiro atoms. The first-order valence-electron chi connectivity index (χ1n) is 8.29. The molecule has 25 heavy (non-hydrogen) atoms. The molecule has 0 saturated carbocycles. The molecule has 3 aromatic rings. The molecule has 0 fully saturated rings. The van der Waals surface area contributed by atoms with Gasteiger partial charge in [-0.2, -0.15) is 5.10 Å². The average Bonchev–Trinajstić information content (AvgIpc) is 2.70. The van der Waals surface area contributed by atoms with Crippen LogP contribution >= 0.6 is 11.8 Å². The summed E-state index contributed by atoms with van der Waals surface area (Å²) in [6.45, 7) is 0. The highest BCUT2D eigenvalue weighted by molar-refractivity contribution is 8.16. The fraction of sp³-hybridized carbons (Fsp3) is 0.0455.